The fraction of sp³-hybridized carbons (Fsp3) is 0.0769. The van der Waals surface area contributed by atoms with Crippen LogP contribution < -0.4 is 0 Å². The SMILES string of the molecule is N#Cc1ccccc1CS(=O)(=O)c1ccccn1. The van der Waals surface area contributed by atoms with E-state index in [1.54, 1.807) is 36.4 Å². The molecule has 1 aromatic heterocycles. The maximum absolute atomic E-state index is 12.1. The lowest BCUT2D eigenvalue weighted by Crippen LogP contribution is -2.07. The summed E-state index contributed by atoms with van der Waals surface area (Å²) in [4.78, 5) is 3.83. The zero-order valence-electron chi connectivity index (χ0n) is 9.45. The van der Waals surface area contributed by atoms with Gasteiger partial charge in [0.2, 0.25) is 0 Å². The normalized spacial score (nSPS) is 10.8. The van der Waals surface area contributed by atoms with Crippen molar-refractivity contribution in [1.29, 1.82) is 5.26 Å². The predicted molar refractivity (Wildman–Crippen MR) is 66.3 cm³/mol. The van der Waals surface area contributed by atoms with E-state index in [-0.39, 0.29) is 10.8 Å². The molecule has 0 saturated carbocycles. The molecule has 4 nitrogen and oxygen atoms in total. The highest BCUT2D eigenvalue weighted by Crippen LogP contribution is 2.16. The number of pyridine rings is 1. The molecule has 0 bridgehead atoms. The molecule has 0 amide bonds. The number of hydrogen-bond donors (Lipinski definition) is 0. The Balaban J connectivity index is 2.38. The third-order valence-corrected chi connectivity index (χ3v) is 4.01. The molecular formula is C13H10N2O2S. The van der Waals surface area contributed by atoms with E-state index in [1.807, 2.05) is 6.07 Å². The summed E-state index contributed by atoms with van der Waals surface area (Å²) in [7, 11) is -3.51. The van der Waals surface area contributed by atoms with Crippen molar-refractivity contribution in [2.75, 3.05) is 0 Å². The fourth-order valence-corrected chi connectivity index (χ4v) is 2.88. The predicted octanol–water partition coefficient (Wildman–Crippen LogP) is 1.93. The second kappa shape index (κ2) is 4.98. The van der Waals surface area contributed by atoms with Gasteiger partial charge in [0.1, 0.15) is 0 Å². The second-order valence-electron chi connectivity index (χ2n) is 3.70. The summed E-state index contributed by atoms with van der Waals surface area (Å²) in [5, 5.41) is 8.95. The van der Waals surface area contributed by atoms with Gasteiger partial charge >= 0.3 is 0 Å². The molecule has 0 unspecified atom stereocenters. The van der Waals surface area contributed by atoms with Crippen LogP contribution in [0, 0.1) is 11.3 Å². The van der Waals surface area contributed by atoms with Crippen LogP contribution in [-0.2, 0) is 15.6 Å². The van der Waals surface area contributed by atoms with Gasteiger partial charge in [-0.15, -0.1) is 0 Å². The van der Waals surface area contributed by atoms with E-state index in [1.165, 1.54) is 12.3 Å². The highest BCUT2D eigenvalue weighted by atomic mass is 32.2. The minimum Gasteiger partial charge on any atom is -0.245 e. The zero-order valence-corrected chi connectivity index (χ0v) is 10.3. The van der Waals surface area contributed by atoms with Crippen LogP contribution in [0.25, 0.3) is 0 Å². The first-order valence-corrected chi connectivity index (χ1v) is 6.90. The van der Waals surface area contributed by atoms with E-state index in [4.69, 9.17) is 5.26 Å². The minimum absolute atomic E-state index is 0.0257. The Morgan fingerprint density at radius 2 is 1.83 bits per heavy atom. The van der Waals surface area contributed by atoms with E-state index in [0.717, 1.165) is 0 Å². The summed E-state index contributed by atoms with van der Waals surface area (Å²) in [5.41, 5.74) is 0.864. The van der Waals surface area contributed by atoms with Gasteiger partial charge in [-0.1, -0.05) is 24.3 Å². The maximum Gasteiger partial charge on any atom is 0.199 e. The van der Waals surface area contributed by atoms with Gasteiger partial charge in [-0.05, 0) is 23.8 Å². The molecule has 2 aromatic rings. The Kier molecular flexibility index (Phi) is 3.40. The molecule has 0 spiro atoms. The fourth-order valence-electron chi connectivity index (χ4n) is 1.56. The summed E-state index contributed by atoms with van der Waals surface area (Å²) in [6, 6.07) is 13.4. The molecule has 0 fully saturated rings. The first kappa shape index (κ1) is 12.3. The van der Waals surface area contributed by atoms with Crippen molar-refractivity contribution >= 4 is 9.84 Å². The Labute approximate surface area is 105 Å². The monoisotopic (exact) mass is 258 g/mol. The van der Waals surface area contributed by atoms with Crippen LogP contribution in [0.2, 0.25) is 0 Å². The molecule has 0 aliphatic heterocycles. The van der Waals surface area contributed by atoms with Crippen LogP contribution in [0.4, 0.5) is 0 Å². The van der Waals surface area contributed by atoms with Gasteiger partial charge in [0, 0.05) is 6.20 Å². The molecule has 18 heavy (non-hydrogen) atoms. The average molecular weight is 258 g/mol. The summed E-state index contributed by atoms with van der Waals surface area (Å²) in [6.45, 7) is 0. The molecule has 0 saturated heterocycles. The number of nitriles is 1. The van der Waals surface area contributed by atoms with Crippen molar-refractivity contribution in [2.24, 2.45) is 0 Å². The summed E-state index contributed by atoms with van der Waals surface area (Å²) < 4.78 is 24.2. The molecular weight excluding hydrogens is 248 g/mol. The lowest BCUT2D eigenvalue weighted by Gasteiger charge is -2.05. The summed E-state index contributed by atoms with van der Waals surface area (Å²) in [5.74, 6) is -0.215. The Hall–Kier alpha value is -2.19. The molecule has 90 valence electrons. The van der Waals surface area contributed by atoms with Crippen LogP contribution in [0.1, 0.15) is 11.1 Å². The first-order chi connectivity index (χ1) is 8.63. The maximum atomic E-state index is 12.1. The third-order valence-electron chi connectivity index (χ3n) is 2.44. The van der Waals surface area contributed by atoms with Crippen LogP contribution in [-0.4, -0.2) is 13.4 Å². The Bertz CT molecular complexity index is 688. The molecule has 0 aliphatic rings. The van der Waals surface area contributed by atoms with Gasteiger partial charge in [0.05, 0.1) is 17.4 Å². The molecule has 0 atom stereocenters. The van der Waals surface area contributed by atoms with Gasteiger partial charge in [-0.2, -0.15) is 5.26 Å². The molecule has 1 heterocycles. The highest BCUT2D eigenvalue weighted by molar-refractivity contribution is 7.90. The number of benzene rings is 1. The van der Waals surface area contributed by atoms with Crippen molar-refractivity contribution in [2.45, 2.75) is 10.8 Å². The number of nitrogens with zero attached hydrogens (tertiary/aromatic N) is 2. The molecule has 1 aromatic carbocycles. The lowest BCUT2D eigenvalue weighted by molar-refractivity contribution is 0.591. The van der Waals surface area contributed by atoms with Crippen LogP contribution in [0.3, 0.4) is 0 Å². The third kappa shape index (κ3) is 2.55. The topological polar surface area (TPSA) is 70.8 Å². The van der Waals surface area contributed by atoms with E-state index in [2.05, 4.69) is 4.98 Å². The van der Waals surface area contributed by atoms with Crippen molar-refractivity contribution in [1.82, 2.24) is 4.98 Å². The number of aromatic nitrogens is 1. The Morgan fingerprint density at radius 1 is 1.11 bits per heavy atom. The van der Waals surface area contributed by atoms with Crippen LogP contribution in [0.15, 0.2) is 53.7 Å². The van der Waals surface area contributed by atoms with Crippen LogP contribution >= 0.6 is 0 Å². The van der Waals surface area contributed by atoms with Gasteiger partial charge in [-0.3, -0.25) is 0 Å². The number of sulfone groups is 1. The van der Waals surface area contributed by atoms with Crippen molar-refractivity contribution in [3.63, 3.8) is 0 Å². The highest BCUT2D eigenvalue weighted by Gasteiger charge is 2.17. The largest absolute Gasteiger partial charge is 0.245 e. The van der Waals surface area contributed by atoms with E-state index >= 15 is 0 Å². The summed E-state index contributed by atoms with van der Waals surface area (Å²) >= 11 is 0. The van der Waals surface area contributed by atoms with E-state index in [0.29, 0.717) is 11.1 Å². The molecule has 0 aliphatic carbocycles. The quantitative estimate of drug-likeness (QED) is 0.843. The molecule has 2 rings (SSSR count). The van der Waals surface area contributed by atoms with Gasteiger partial charge in [0.25, 0.3) is 0 Å². The first-order valence-electron chi connectivity index (χ1n) is 5.25. The summed E-state index contributed by atoms with van der Waals surface area (Å²) in [6.07, 6.45) is 1.43. The standard InChI is InChI=1S/C13H10N2O2S/c14-9-11-5-1-2-6-12(11)10-18(16,17)13-7-3-4-8-15-13/h1-8H,10H2. The van der Waals surface area contributed by atoms with Gasteiger partial charge in [0.15, 0.2) is 14.9 Å². The van der Waals surface area contributed by atoms with E-state index in [9.17, 15) is 8.42 Å². The Morgan fingerprint density at radius 3 is 2.50 bits per heavy atom. The van der Waals surface area contributed by atoms with Crippen LogP contribution in [0.5, 0.6) is 0 Å². The van der Waals surface area contributed by atoms with Crippen molar-refractivity contribution in [3.05, 3.63) is 59.8 Å². The van der Waals surface area contributed by atoms with Gasteiger partial charge in [-0.25, -0.2) is 13.4 Å². The van der Waals surface area contributed by atoms with Crippen molar-refractivity contribution < 1.29 is 8.42 Å². The average Bonchev–Trinajstić information content (AvgIpc) is 2.40. The number of rotatable bonds is 3. The van der Waals surface area contributed by atoms with Gasteiger partial charge < -0.3 is 0 Å². The molecule has 0 radical (unpaired) electrons. The second-order valence-corrected chi connectivity index (χ2v) is 5.63. The zero-order chi connectivity index (χ0) is 13.0. The molecule has 5 heteroatoms. The molecule has 0 N–H and O–H groups in total. The minimum atomic E-state index is -3.51. The smallest absolute Gasteiger partial charge is 0.199 e. The number of hydrogen-bond acceptors (Lipinski definition) is 4. The van der Waals surface area contributed by atoms with E-state index < -0.39 is 9.84 Å². The van der Waals surface area contributed by atoms with Crippen molar-refractivity contribution in [3.8, 4) is 6.07 Å². The lowest BCUT2D eigenvalue weighted by atomic mass is 10.1.